The van der Waals surface area contributed by atoms with Gasteiger partial charge in [0.1, 0.15) is 0 Å². The molecule has 76 valence electrons. The molecular weight excluding hydrogens is 158 g/mol. The van der Waals surface area contributed by atoms with Crippen molar-refractivity contribution in [2.45, 2.75) is 70.9 Å². The molecule has 1 nitrogen and oxygen atoms in total. The maximum atomic E-state index is 3.80. The average Bonchev–Trinajstić information content (AvgIpc) is 2.07. The highest BCUT2D eigenvalue weighted by molar-refractivity contribution is 5.03. The molecule has 0 aliphatic heterocycles. The van der Waals surface area contributed by atoms with Gasteiger partial charge >= 0.3 is 0 Å². The Morgan fingerprint density at radius 1 is 0.923 bits per heavy atom. The SMILES string of the molecule is CC(C)NC12CCC(C)(CC1)CC2. The molecule has 0 radical (unpaired) electrons. The first-order chi connectivity index (χ1) is 6.04. The topological polar surface area (TPSA) is 12.0 Å². The molecule has 3 aliphatic rings. The smallest absolute Gasteiger partial charge is 0.0184 e. The summed E-state index contributed by atoms with van der Waals surface area (Å²) in [5.74, 6) is 0. The Balaban J connectivity index is 2.03. The molecular formula is C12H23N. The molecule has 3 saturated carbocycles. The van der Waals surface area contributed by atoms with Crippen LogP contribution in [0.5, 0.6) is 0 Å². The van der Waals surface area contributed by atoms with Crippen LogP contribution in [-0.2, 0) is 0 Å². The van der Waals surface area contributed by atoms with Crippen molar-refractivity contribution in [3.05, 3.63) is 0 Å². The number of rotatable bonds is 2. The van der Waals surface area contributed by atoms with Gasteiger partial charge in [0, 0.05) is 11.6 Å². The Labute approximate surface area is 82.3 Å². The van der Waals surface area contributed by atoms with Gasteiger partial charge in [-0.2, -0.15) is 0 Å². The van der Waals surface area contributed by atoms with Crippen molar-refractivity contribution in [1.82, 2.24) is 5.32 Å². The lowest BCUT2D eigenvalue weighted by Gasteiger charge is -2.53. The summed E-state index contributed by atoms with van der Waals surface area (Å²) in [6, 6.07) is 0.655. The van der Waals surface area contributed by atoms with Crippen molar-refractivity contribution < 1.29 is 0 Å². The van der Waals surface area contributed by atoms with Gasteiger partial charge in [-0.25, -0.2) is 0 Å². The zero-order chi connectivity index (χ0) is 9.53. The van der Waals surface area contributed by atoms with E-state index in [2.05, 4.69) is 26.1 Å². The Morgan fingerprint density at radius 3 is 1.77 bits per heavy atom. The van der Waals surface area contributed by atoms with E-state index in [0.717, 1.165) is 0 Å². The summed E-state index contributed by atoms with van der Waals surface area (Å²) >= 11 is 0. The Bertz CT molecular complexity index is 171. The van der Waals surface area contributed by atoms with Crippen molar-refractivity contribution in [1.29, 1.82) is 0 Å². The summed E-state index contributed by atoms with van der Waals surface area (Å²) in [4.78, 5) is 0. The van der Waals surface area contributed by atoms with E-state index < -0.39 is 0 Å². The molecule has 3 aliphatic carbocycles. The molecule has 0 atom stereocenters. The Hall–Kier alpha value is -0.0400. The van der Waals surface area contributed by atoms with Crippen LogP contribution in [0.25, 0.3) is 0 Å². The summed E-state index contributed by atoms with van der Waals surface area (Å²) in [5, 5.41) is 3.80. The molecule has 1 N–H and O–H groups in total. The first-order valence-electron chi connectivity index (χ1n) is 5.81. The first-order valence-corrected chi connectivity index (χ1v) is 5.81. The highest BCUT2D eigenvalue weighted by Crippen LogP contribution is 2.51. The second-order valence-electron chi connectivity index (χ2n) is 5.89. The summed E-state index contributed by atoms with van der Waals surface area (Å²) in [6.07, 6.45) is 8.61. The third-order valence-electron chi connectivity index (χ3n) is 4.22. The quantitative estimate of drug-likeness (QED) is 0.690. The lowest BCUT2D eigenvalue weighted by atomic mass is 9.58. The minimum absolute atomic E-state index is 0.534. The molecule has 0 saturated heterocycles. The van der Waals surface area contributed by atoms with Gasteiger partial charge in [0.15, 0.2) is 0 Å². The molecule has 3 fully saturated rings. The van der Waals surface area contributed by atoms with Gasteiger partial charge < -0.3 is 5.32 Å². The van der Waals surface area contributed by atoms with Crippen LogP contribution in [0.15, 0.2) is 0 Å². The van der Waals surface area contributed by atoms with E-state index >= 15 is 0 Å². The van der Waals surface area contributed by atoms with Crippen LogP contribution in [0, 0.1) is 5.41 Å². The summed E-state index contributed by atoms with van der Waals surface area (Å²) < 4.78 is 0. The molecule has 0 unspecified atom stereocenters. The Kier molecular flexibility index (Phi) is 2.18. The largest absolute Gasteiger partial charge is 0.309 e. The summed E-state index contributed by atoms with van der Waals surface area (Å²) in [7, 11) is 0. The van der Waals surface area contributed by atoms with E-state index in [1.165, 1.54) is 38.5 Å². The lowest BCUT2D eigenvalue weighted by molar-refractivity contribution is 0.0322. The van der Waals surface area contributed by atoms with Gasteiger partial charge in [-0.15, -0.1) is 0 Å². The third-order valence-corrected chi connectivity index (χ3v) is 4.22. The minimum Gasteiger partial charge on any atom is -0.309 e. The van der Waals surface area contributed by atoms with E-state index in [1.807, 2.05) is 0 Å². The van der Waals surface area contributed by atoms with Crippen molar-refractivity contribution in [2.75, 3.05) is 0 Å². The van der Waals surface area contributed by atoms with Crippen LogP contribution in [0.4, 0.5) is 0 Å². The van der Waals surface area contributed by atoms with Crippen molar-refractivity contribution in [2.24, 2.45) is 5.41 Å². The van der Waals surface area contributed by atoms with Gasteiger partial charge in [-0.05, 0) is 43.9 Å². The number of hydrogen-bond acceptors (Lipinski definition) is 1. The van der Waals surface area contributed by atoms with E-state index in [4.69, 9.17) is 0 Å². The summed E-state index contributed by atoms with van der Waals surface area (Å²) in [6.45, 7) is 7.03. The molecule has 0 aromatic carbocycles. The fraction of sp³-hybridized carbons (Fsp3) is 1.00. The van der Waals surface area contributed by atoms with Crippen molar-refractivity contribution >= 4 is 0 Å². The van der Waals surface area contributed by atoms with E-state index in [9.17, 15) is 0 Å². The van der Waals surface area contributed by atoms with Crippen LogP contribution in [0.2, 0.25) is 0 Å². The minimum atomic E-state index is 0.534. The zero-order valence-corrected chi connectivity index (χ0v) is 9.32. The molecule has 1 heteroatoms. The van der Waals surface area contributed by atoms with Gasteiger partial charge in [0.25, 0.3) is 0 Å². The summed E-state index contributed by atoms with van der Waals surface area (Å²) in [5.41, 5.74) is 1.24. The van der Waals surface area contributed by atoms with Crippen molar-refractivity contribution in [3.8, 4) is 0 Å². The first kappa shape index (κ1) is 9.51. The van der Waals surface area contributed by atoms with Crippen LogP contribution >= 0.6 is 0 Å². The van der Waals surface area contributed by atoms with E-state index in [-0.39, 0.29) is 0 Å². The number of hydrogen-bond donors (Lipinski definition) is 1. The molecule has 0 aromatic rings. The highest BCUT2D eigenvalue weighted by atomic mass is 15.0. The third kappa shape index (κ3) is 1.76. The van der Waals surface area contributed by atoms with Gasteiger partial charge in [0.05, 0.1) is 0 Å². The maximum absolute atomic E-state index is 3.80. The normalized spacial score (nSPS) is 44.3. The molecule has 0 heterocycles. The van der Waals surface area contributed by atoms with E-state index in [0.29, 0.717) is 17.0 Å². The number of fused-ring (bicyclic) bond motifs is 3. The monoisotopic (exact) mass is 181 g/mol. The fourth-order valence-electron chi connectivity index (χ4n) is 3.20. The molecule has 0 aromatic heterocycles. The van der Waals surface area contributed by atoms with Crippen LogP contribution in [0.1, 0.15) is 59.3 Å². The Morgan fingerprint density at radius 2 is 1.38 bits per heavy atom. The molecule has 13 heavy (non-hydrogen) atoms. The van der Waals surface area contributed by atoms with Gasteiger partial charge in [-0.3, -0.25) is 0 Å². The number of nitrogens with one attached hydrogen (secondary N) is 1. The lowest BCUT2D eigenvalue weighted by Crippen LogP contribution is -2.56. The molecule has 2 bridgehead atoms. The van der Waals surface area contributed by atoms with E-state index in [1.54, 1.807) is 0 Å². The standard InChI is InChI=1S/C12H23N/c1-10(2)13-12-7-4-11(3,5-8-12)6-9-12/h10,13H,4-9H2,1-3H3. The average molecular weight is 181 g/mol. The van der Waals surface area contributed by atoms with Crippen LogP contribution in [-0.4, -0.2) is 11.6 Å². The fourth-order valence-corrected chi connectivity index (χ4v) is 3.20. The van der Waals surface area contributed by atoms with Gasteiger partial charge in [0.2, 0.25) is 0 Å². The zero-order valence-electron chi connectivity index (χ0n) is 9.32. The highest BCUT2D eigenvalue weighted by Gasteiger charge is 2.45. The van der Waals surface area contributed by atoms with Crippen LogP contribution < -0.4 is 5.32 Å². The maximum Gasteiger partial charge on any atom is 0.0184 e. The van der Waals surface area contributed by atoms with Crippen LogP contribution in [0.3, 0.4) is 0 Å². The second-order valence-corrected chi connectivity index (χ2v) is 5.89. The predicted molar refractivity (Wildman–Crippen MR) is 56.8 cm³/mol. The molecule has 0 spiro atoms. The molecule has 3 rings (SSSR count). The second kappa shape index (κ2) is 2.98. The molecule has 0 amide bonds. The predicted octanol–water partition coefficient (Wildman–Crippen LogP) is 3.10. The van der Waals surface area contributed by atoms with Gasteiger partial charge in [-0.1, -0.05) is 20.8 Å². The van der Waals surface area contributed by atoms with Crippen molar-refractivity contribution in [3.63, 3.8) is 0 Å².